The lowest BCUT2D eigenvalue weighted by molar-refractivity contribution is -0.161. The highest BCUT2D eigenvalue weighted by molar-refractivity contribution is 7.47. The van der Waals surface area contributed by atoms with Gasteiger partial charge in [0.2, 0.25) is 0 Å². The monoisotopic (exact) mass is 1530 g/mol. The van der Waals surface area contributed by atoms with Crippen molar-refractivity contribution in [3.63, 3.8) is 0 Å². The Balaban J connectivity index is 5.48. The van der Waals surface area contributed by atoms with Gasteiger partial charge < -0.3 is 33.8 Å². The quantitative estimate of drug-likeness (QED) is 0.0169. The molecule has 5 atom stereocenters. The van der Waals surface area contributed by atoms with Crippen molar-refractivity contribution in [1.82, 2.24) is 0 Å². The number of hydrogen-bond donors (Lipinski definition) is 3. The van der Waals surface area contributed by atoms with Gasteiger partial charge in [-0.05, 0) is 154 Å². The van der Waals surface area contributed by atoms with Gasteiger partial charge in [-0.25, -0.2) is 9.13 Å². The maximum absolute atomic E-state index is 13.1. The molecule has 0 saturated carbocycles. The Morgan fingerprint density at radius 2 is 0.481 bits per heavy atom. The van der Waals surface area contributed by atoms with E-state index in [1.54, 1.807) is 0 Å². The number of hydrogen-bond acceptors (Lipinski definition) is 15. The molecule has 0 amide bonds. The van der Waals surface area contributed by atoms with Crippen LogP contribution in [0, 0.1) is 0 Å². The minimum atomic E-state index is -5.00. The summed E-state index contributed by atoms with van der Waals surface area (Å²) in [4.78, 5) is 73.0. The van der Waals surface area contributed by atoms with Crippen LogP contribution in [-0.4, -0.2) is 96.7 Å². The Morgan fingerprint density at radius 3 is 0.774 bits per heavy atom. The Bertz CT molecular complexity index is 2580. The number of phosphoric ester groups is 2. The molecular weight excluding hydrogens is 1380 g/mol. The second kappa shape index (κ2) is 78.1. The first-order chi connectivity index (χ1) is 51.7. The summed E-state index contributed by atoms with van der Waals surface area (Å²) in [7, 11) is -10.0. The lowest BCUT2D eigenvalue weighted by atomic mass is 10.1. The Morgan fingerprint density at radius 1 is 0.264 bits per heavy atom. The molecule has 106 heavy (non-hydrogen) atoms. The Kier molecular flexibility index (Phi) is 74.3. The zero-order valence-electron chi connectivity index (χ0n) is 66.3. The highest BCUT2D eigenvalue weighted by Gasteiger charge is 2.30. The highest BCUT2D eigenvalue weighted by atomic mass is 31.2. The van der Waals surface area contributed by atoms with Gasteiger partial charge in [0.1, 0.15) is 19.3 Å². The average molecular weight is 1530 g/mol. The number of esters is 4. The molecule has 0 radical (unpaired) electrons. The molecule has 2 unspecified atom stereocenters. The van der Waals surface area contributed by atoms with Gasteiger partial charge in [0.25, 0.3) is 0 Å². The largest absolute Gasteiger partial charge is 0.472 e. The first-order valence-electron chi connectivity index (χ1n) is 41.1. The van der Waals surface area contributed by atoms with Crippen molar-refractivity contribution < 1.29 is 80.2 Å². The van der Waals surface area contributed by atoms with Crippen LogP contribution >= 0.6 is 15.6 Å². The van der Waals surface area contributed by atoms with Crippen LogP contribution in [0.25, 0.3) is 0 Å². The normalized spacial score (nSPS) is 14.6. The van der Waals surface area contributed by atoms with Crippen LogP contribution in [0.4, 0.5) is 0 Å². The van der Waals surface area contributed by atoms with Crippen LogP contribution in [0.15, 0.2) is 146 Å². The summed E-state index contributed by atoms with van der Waals surface area (Å²) in [6.07, 6.45) is 89.9. The number of ether oxygens (including phenoxy) is 4. The van der Waals surface area contributed by atoms with Crippen molar-refractivity contribution in [2.45, 2.75) is 341 Å². The number of phosphoric acid groups is 2. The maximum Gasteiger partial charge on any atom is 0.472 e. The second-order valence-electron chi connectivity index (χ2n) is 27.0. The molecule has 0 aliphatic carbocycles. The SMILES string of the molecule is CCCCC/C=C\C/C=C\C/C=C\C/C=C\C/C=C\CCC(=O)OC[C@H](COP(=O)(O)OC[C@H](O)COP(=O)(O)OC[C@@H](COC(=O)CC/C=C\C/C=C\C/C=C\C/C=C\C/C=C\CCCCC)OC(=O)CCCCCCCCC/C=C\CCCCCC)OC(=O)CCCCCCC/C=C\CCCCCC. The van der Waals surface area contributed by atoms with Gasteiger partial charge in [-0.2, -0.15) is 0 Å². The van der Waals surface area contributed by atoms with Gasteiger partial charge in [0, 0.05) is 25.7 Å². The van der Waals surface area contributed by atoms with Gasteiger partial charge in [0.15, 0.2) is 12.2 Å². The van der Waals surface area contributed by atoms with E-state index in [0.29, 0.717) is 38.5 Å². The average Bonchev–Trinajstić information content (AvgIpc) is 0.901. The Hall–Kier alpha value is -5.06. The van der Waals surface area contributed by atoms with Crippen molar-refractivity contribution in [3.8, 4) is 0 Å². The van der Waals surface area contributed by atoms with E-state index >= 15 is 0 Å². The highest BCUT2D eigenvalue weighted by Crippen LogP contribution is 2.45. The zero-order chi connectivity index (χ0) is 77.4. The third kappa shape index (κ3) is 77.1. The fraction of sp³-hybridized carbons (Fsp3) is 0.678. The van der Waals surface area contributed by atoms with Gasteiger partial charge in [-0.1, -0.05) is 289 Å². The van der Waals surface area contributed by atoms with Crippen LogP contribution in [0.3, 0.4) is 0 Å². The predicted octanol–water partition coefficient (Wildman–Crippen LogP) is 24.2. The lowest BCUT2D eigenvalue weighted by Crippen LogP contribution is -2.30. The number of unbranched alkanes of at least 4 members (excludes halogenated alkanes) is 26. The summed E-state index contributed by atoms with van der Waals surface area (Å²) >= 11 is 0. The molecule has 0 saturated heterocycles. The third-order valence-electron chi connectivity index (χ3n) is 16.8. The molecule has 0 rings (SSSR count). The molecule has 0 aromatic rings. The van der Waals surface area contributed by atoms with E-state index in [1.807, 2.05) is 24.3 Å². The molecule has 17 nitrogen and oxygen atoms in total. The van der Waals surface area contributed by atoms with Crippen LogP contribution in [0.5, 0.6) is 0 Å². The molecule has 0 heterocycles. The van der Waals surface area contributed by atoms with E-state index in [1.165, 1.54) is 89.9 Å². The van der Waals surface area contributed by atoms with Crippen molar-refractivity contribution in [3.05, 3.63) is 146 Å². The first-order valence-corrected chi connectivity index (χ1v) is 44.1. The van der Waals surface area contributed by atoms with E-state index < -0.39 is 97.5 Å². The summed E-state index contributed by atoms with van der Waals surface area (Å²) in [5.74, 6) is -2.38. The number of aliphatic hydroxyl groups excluding tert-OH is 1. The summed E-state index contributed by atoms with van der Waals surface area (Å²) in [5, 5.41) is 10.6. The topological polar surface area (TPSA) is 237 Å². The van der Waals surface area contributed by atoms with Crippen molar-refractivity contribution in [1.29, 1.82) is 0 Å². The lowest BCUT2D eigenvalue weighted by Gasteiger charge is -2.21. The number of carbonyl (C=O) groups excluding carboxylic acids is 4. The van der Waals surface area contributed by atoms with Crippen LogP contribution in [0.2, 0.25) is 0 Å². The molecule has 0 spiro atoms. The maximum atomic E-state index is 13.1. The van der Waals surface area contributed by atoms with Crippen molar-refractivity contribution in [2.24, 2.45) is 0 Å². The van der Waals surface area contributed by atoms with E-state index in [2.05, 4.69) is 149 Å². The van der Waals surface area contributed by atoms with Gasteiger partial charge in [-0.15, -0.1) is 0 Å². The minimum Gasteiger partial charge on any atom is -0.462 e. The van der Waals surface area contributed by atoms with Crippen molar-refractivity contribution in [2.75, 3.05) is 39.6 Å². The first kappa shape index (κ1) is 101. The minimum absolute atomic E-state index is 0.0319. The number of aliphatic hydroxyl groups is 1. The third-order valence-corrected chi connectivity index (χ3v) is 18.7. The fourth-order valence-electron chi connectivity index (χ4n) is 10.5. The molecule has 0 aliphatic rings. The van der Waals surface area contributed by atoms with Gasteiger partial charge in [-0.3, -0.25) is 37.3 Å². The van der Waals surface area contributed by atoms with Crippen LogP contribution in [0.1, 0.15) is 323 Å². The molecule has 3 N–H and O–H groups in total. The van der Waals surface area contributed by atoms with E-state index in [-0.39, 0.29) is 25.7 Å². The van der Waals surface area contributed by atoms with Crippen LogP contribution in [-0.2, 0) is 65.4 Å². The van der Waals surface area contributed by atoms with Gasteiger partial charge in [0.05, 0.1) is 26.4 Å². The fourth-order valence-corrected chi connectivity index (χ4v) is 12.0. The zero-order valence-corrected chi connectivity index (χ0v) is 68.1. The summed E-state index contributed by atoms with van der Waals surface area (Å²) < 4.78 is 68.5. The van der Waals surface area contributed by atoms with E-state index in [0.717, 1.165) is 141 Å². The molecular formula is C87H146O17P2. The van der Waals surface area contributed by atoms with Crippen molar-refractivity contribution >= 4 is 39.5 Å². The predicted molar refractivity (Wildman–Crippen MR) is 436 cm³/mol. The molecule has 0 aromatic heterocycles. The van der Waals surface area contributed by atoms with E-state index in [9.17, 15) is 43.2 Å². The van der Waals surface area contributed by atoms with E-state index in [4.69, 9.17) is 37.0 Å². The molecule has 0 fully saturated rings. The number of allylic oxidation sites excluding steroid dienone is 24. The standard InChI is InChI=1S/C87H146O17P2/c1-5-9-13-17-21-25-29-33-36-38-40-42-45-48-51-55-59-63-67-71-84(89)97-77-82(103-86(91)73-69-65-61-57-53-47-32-28-24-20-16-12-8-4)79-101-105(93,94)99-75-81(88)76-100-106(95,96)102-80-83(104-87(92)74-70-66-62-58-54-50-44-35-31-27-23-19-15-11-7-3)78-98-85(90)72-68-64-60-56-52-49-46-43-41-39-37-34-30-26-22-18-14-10-6-2/h21-22,25-28,31-34,36-37,40-43,48-49,51-52,59-60,63-64,81-83,88H,5-20,23-24,29-30,35,38-39,44-47,50,53-58,61-62,65-80H2,1-4H3,(H,93,94)(H,95,96)/b25-21-,26-22-,31-27-,32-28-,36-33-,37-34-,42-40-,43-41-,51-48-,52-49-,63-59-,64-60-/t81-,82+,83+/m0/s1. The summed E-state index contributed by atoms with van der Waals surface area (Å²) in [6.45, 7) is 4.62. The molecule has 0 bridgehead atoms. The number of carbonyl (C=O) groups is 4. The van der Waals surface area contributed by atoms with Crippen LogP contribution < -0.4 is 0 Å². The summed E-state index contributed by atoms with van der Waals surface area (Å²) in [5.41, 5.74) is 0. The number of rotatable bonds is 76. The summed E-state index contributed by atoms with van der Waals surface area (Å²) in [6, 6.07) is 0. The smallest absolute Gasteiger partial charge is 0.462 e. The molecule has 0 aliphatic heterocycles. The molecule has 19 heteroatoms. The van der Waals surface area contributed by atoms with Gasteiger partial charge >= 0.3 is 39.5 Å². The molecule has 606 valence electrons. The molecule has 0 aromatic carbocycles. The second-order valence-corrected chi connectivity index (χ2v) is 29.9. The Labute approximate surface area is 643 Å².